The number of hydrogen-bond donors (Lipinski definition) is 0. The molecule has 0 fully saturated rings. The van der Waals surface area contributed by atoms with Crippen molar-refractivity contribution in [2.75, 3.05) is 27.2 Å². The molecule has 0 saturated heterocycles. The summed E-state index contributed by atoms with van der Waals surface area (Å²) in [7, 11) is 4.53. The molecule has 3 nitrogen and oxygen atoms in total. The SMILES string of the molecule is CCCCC(CCCC[N+](C)(C)CC)(N=O)c1ccc(C)cc1. The zero-order valence-corrected chi connectivity index (χ0v) is 15.8. The van der Waals surface area contributed by atoms with Crippen LogP contribution in [0.15, 0.2) is 29.4 Å². The zero-order chi connectivity index (χ0) is 17.3. The minimum atomic E-state index is -0.535. The van der Waals surface area contributed by atoms with Crippen LogP contribution in [0.2, 0.25) is 0 Å². The molecule has 0 saturated carbocycles. The summed E-state index contributed by atoms with van der Waals surface area (Å²) in [4.78, 5) is 11.8. The van der Waals surface area contributed by atoms with Crippen LogP contribution in [0.3, 0.4) is 0 Å². The predicted molar refractivity (Wildman–Crippen MR) is 99.5 cm³/mol. The Balaban J connectivity index is 2.79. The smallest absolute Gasteiger partial charge is 0.127 e. The molecular weight excluding hydrogens is 284 g/mol. The third-order valence-electron chi connectivity index (χ3n) is 5.17. The van der Waals surface area contributed by atoms with Crippen molar-refractivity contribution in [3.63, 3.8) is 0 Å². The predicted octanol–water partition coefficient (Wildman–Crippen LogP) is 5.41. The average molecular weight is 320 g/mol. The lowest BCUT2D eigenvalue weighted by atomic mass is 9.81. The first kappa shape index (κ1) is 19.8. The normalized spacial score (nSPS) is 14.5. The number of unbranched alkanes of at least 4 members (excludes halogenated alkanes) is 2. The lowest BCUT2D eigenvalue weighted by Crippen LogP contribution is -2.40. The van der Waals surface area contributed by atoms with E-state index in [2.05, 4.69) is 64.3 Å². The Hall–Kier alpha value is -1.22. The minimum Gasteiger partial charge on any atom is -0.329 e. The van der Waals surface area contributed by atoms with Gasteiger partial charge in [-0.05, 0) is 45.1 Å². The number of nitrogens with zero attached hydrogens (tertiary/aromatic N) is 2. The minimum absolute atomic E-state index is 0.535. The molecule has 0 bridgehead atoms. The van der Waals surface area contributed by atoms with Gasteiger partial charge in [0.25, 0.3) is 0 Å². The first-order chi connectivity index (χ1) is 10.9. The summed E-state index contributed by atoms with van der Waals surface area (Å²) in [6.07, 6.45) is 6.09. The van der Waals surface area contributed by atoms with E-state index >= 15 is 0 Å². The van der Waals surface area contributed by atoms with E-state index in [0.29, 0.717) is 0 Å². The van der Waals surface area contributed by atoms with Crippen molar-refractivity contribution >= 4 is 0 Å². The highest BCUT2D eigenvalue weighted by Crippen LogP contribution is 2.37. The lowest BCUT2D eigenvalue weighted by Gasteiger charge is -2.30. The molecule has 1 atom stereocenters. The highest BCUT2D eigenvalue weighted by Gasteiger charge is 2.32. The van der Waals surface area contributed by atoms with E-state index in [0.717, 1.165) is 61.7 Å². The Bertz CT molecular complexity index is 467. The van der Waals surface area contributed by atoms with Gasteiger partial charge < -0.3 is 4.48 Å². The van der Waals surface area contributed by atoms with Crippen LogP contribution in [-0.4, -0.2) is 31.7 Å². The molecule has 0 amide bonds. The number of rotatable bonds is 11. The van der Waals surface area contributed by atoms with E-state index < -0.39 is 5.54 Å². The second kappa shape index (κ2) is 9.17. The molecule has 1 unspecified atom stereocenters. The van der Waals surface area contributed by atoms with Crippen molar-refractivity contribution < 1.29 is 4.48 Å². The molecule has 0 aliphatic heterocycles. The zero-order valence-electron chi connectivity index (χ0n) is 15.8. The standard InChI is InChI=1S/C20H35N2O/c1-6-8-15-20(21-23,19-13-11-18(3)12-14-19)16-9-10-17-22(4,5)7-2/h11-14H,6-10,15-17H2,1-5H3/q+1. The molecule has 130 valence electrons. The molecular formula is C20H35N2O+. The maximum Gasteiger partial charge on any atom is 0.127 e. The fourth-order valence-electron chi connectivity index (χ4n) is 3.01. The number of nitroso groups, excluding NO2 is 1. The van der Waals surface area contributed by atoms with Crippen molar-refractivity contribution in [2.24, 2.45) is 5.18 Å². The van der Waals surface area contributed by atoms with Gasteiger partial charge in [-0.2, -0.15) is 0 Å². The first-order valence-corrected chi connectivity index (χ1v) is 9.13. The molecule has 0 N–H and O–H groups in total. The van der Waals surface area contributed by atoms with Crippen LogP contribution in [0, 0.1) is 11.8 Å². The Morgan fingerprint density at radius 1 is 1.00 bits per heavy atom. The molecule has 0 aliphatic carbocycles. The van der Waals surface area contributed by atoms with Gasteiger partial charge in [0.2, 0.25) is 0 Å². The summed E-state index contributed by atoms with van der Waals surface area (Å²) in [6.45, 7) is 8.78. The van der Waals surface area contributed by atoms with Gasteiger partial charge in [-0.1, -0.05) is 54.8 Å². The van der Waals surface area contributed by atoms with E-state index in [1.165, 1.54) is 5.56 Å². The summed E-state index contributed by atoms with van der Waals surface area (Å²) < 4.78 is 1.04. The molecule has 3 heteroatoms. The van der Waals surface area contributed by atoms with Gasteiger partial charge in [0.15, 0.2) is 0 Å². The Labute approximate surface area is 142 Å². The fourth-order valence-corrected chi connectivity index (χ4v) is 3.01. The van der Waals surface area contributed by atoms with Crippen LogP contribution in [0.1, 0.15) is 63.5 Å². The summed E-state index contributed by atoms with van der Waals surface area (Å²) in [5.41, 5.74) is 1.79. The average Bonchev–Trinajstić information content (AvgIpc) is 2.55. The van der Waals surface area contributed by atoms with Gasteiger partial charge in [-0.15, -0.1) is 4.91 Å². The van der Waals surface area contributed by atoms with Gasteiger partial charge >= 0.3 is 0 Å². The van der Waals surface area contributed by atoms with Gasteiger partial charge in [-0.25, -0.2) is 0 Å². The van der Waals surface area contributed by atoms with Crippen LogP contribution < -0.4 is 0 Å². The third-order valence-corrected chi connectivity index (χ3v) is 5.17. The van der Waals surface area contributed by atoms with E-state index in [1.807, 2.05) is 0 Å². The van der Waals surface area contributed by atoms with E-state index in [1.54, 1.807) is 0 Å². The van der Waals surface area contributed by atoms with Crippen LogP contribution in [0.25, 0.3) is 0 Å². The van der Waals surface area contributed by atoms with Gasteiger partial charge in [0.05, 0.1) is 27.2 Å². The van der Waals surface area contributed by atoms with E-state index in [-0.39, 0.29) is 0 Å². The van der Waals surface area contributed by atoms with Gasteiger partial charge in [-0.3, -0.25) is 0 Å². The van der Waals surface area contributed by atoms with Gasteiger partial charge in [0, 0.05) is 0 Å². The summed E-state index contributed by atoms with van der Waals surface area (Å²) in [5.74, 6) is 0. The van der Waals surface area contributed by atoms with E-state index in [9.17, 15) is 4.91 Å². The van der Waals surface area contributed by atoms with Crippen molar-refractivity contribution in [1.82, 2.24) is 0 Å². The largest absolute Gasteiger partial charge is 0.329 e. The van der Waals surface area contributed by atoms with Gasteiger partial charge in [0.1, 0.15) is 5.54 Å². The first-order valence-electron chi connectivity index (χ1n) is 9.13. The molecule has 0 aliphatic rings. The highest BCUT2D eigenvalue weighted by molar-refractivity contribution is 5.28. The molecule has 0 radical (unpaired) electrons. The molecule has 0 spiro atoms. The van der Waals surface area contributed by atoms with Crippen LogP contribution in [0.5, 0.6) is 0 Å². The third kappa shape index (κ3) is 6.06. The second-order valence-electron chi connectivity index (χ2n) is 7.53. The summed E-state index contributed by atoms with van der Waals surface area (Å²) in [5, 5.41) is 3.66. The Morgan fingerprint density at radius 3 is 2.13 bits per heavy atom. The topological polar surface area (TPSA) is 29.4 Å². The lowest BCUT2D eigenvalue weighted by molar-refractivity contribution is -0.888. The second-order valence-corrected chi connectivity index (χ2v) is 7.53. The Morgan fingerprint density at radius 2 is 1.61 bits per heavy atom. The van der Waals surface area contributed by atoms with Crippen LogP contribution in [-0.2, 0) is 5.54 Å². The highest BCUT2D eigenvalue weighted by atomic mass is 16.3. The van der Waals surface area contributed by atoms with E-state index in [4.69, 9.17) is 0 Å². The molecule has 1 aromatic rings. The fraction of sp³-hybridized carbons (Fsp3) is 0.700. The number of quaternary nitrogens is 1. The Kier molecular flexibility index (Phi) is 7.90. The molecule has 1 rings (SSSR count). The number of hydrogen-bond acceptors (Lipinski definition) is 2. The molecule has 0 heterocycles. The van der Waals surface area contributed by atoms with Crippen molar-refractivity contribution in [1.29, 1.82) is 0 Å². The van der Waals surface area contributed by atoms with Crippen molar-refractivity contribution in [3.05, 3.63) is 40.3 Å². The number of aryl methyl sites for hydroxylation is 1. The quantitative estimate of drug-likeness (QED) is 0.304. The maximum absolute atomic E-state index is 11.8. The molecule has 1 aromatic carbocycles. The van der Waals surface area contributed by atoms with Crippen LogP contribution in [0.4, 0.5) is 0 Å². The van der Waals surface area contributed by atoms with Crippen molar-refractivity contribution in [3.8, 4) is 0 Å². The monoisotopic (exact) mass is 319 g/mol. The van der Waals surface area contributed by atoms with Crippen molar-refractivity contribution in [2.45, 2.75) is 64.8 Å². The molecule has 23 heavy (non-hydrogen) atoms. The molecule has 0 aromatic heterocycles. The van der Waals surface area contributed by atoms with Crippen LogP contribution >= 0.6 is 0 Å². The summed E-state index contributed by atoms with van der Waals surface area (Å²) >= 11 is 0. The maximum atomic E-state index is 11.8. The summed E-state index contributed by atoms with van der Waals surface area (Å²) in [6, 6.07) is 8.38. The number of benzene rings is 1.